The Morgan fingerprint density at radius 1 is 0.788 bits per heavy atom. The lowest BCUT2D eigenvalue weighted by atomic mass is 9.87. The number of hydrogen-bond acceptors (Lipinski definition) is 7. The Kier molecular flexibility index (Phi) is 13.9. The number of carboxylic acid groups (broad SMARTS) is 1. The SMILES string of the molecule is CC(C)(C)C[C@@H]1NC(=O)c2cccc(c2)CNC(=O)c2ccc(cc2)OCCNC(=O)CCCCC(=O)N[C@H](C(=O)O)Cc2ccc(cc2)NC1=O. The van der Waals surface area contributed by atoms with Gasteiger partial charge < -0.3 is 36.4 Å². The molecule has 0 saturated heterocycles. The van der Waals surface area contributed by atoms with Crippen LogP contribution >= 0.6 is 0 Å². The van der Waals surface area contributed by atoms with Gasteiger partial charge in [-0.2, -0.15) is 0 Å². The minimum Gasteiger partial charge on any atom is -0.492 e. The van der Waals surface area contributed by atoms with Gasteiger partial charge in [0.1, 0.15) is 24.4 Å². The van der Waals surface area contributed by atoms with Crippen LogP contribution in [0.4, 0.5) is 5.69 Å². The van der Waals surface area contributed by atoms with Crippen molar-refractivity contribution in [2.45, 2.75) is 77.9 Å². The normalized spacial score (nSPS) is 19.0. The van der Waals surface area contributed by atoms with E-state index in [0.29, 0.717) is 53.0 Å². The third-order valence-corrected chi connectivity index (χ3v) is 8.24. The van der Waals surface area contributed by atoms with Crippen LogP contribution in [0.2, 0.25) is 0 Å². The lowest BCUT2D eigenvalue weighted by molar-refractivity contribution is -0.141. The zero-order chi connectivity index (χ0) is 37.7. The fraction of sp³-hybridized carbons (Fsp3) is 0.385. The van der Waals surface area contributed by atoms with E-state index < -0.39 is 35.8 Å². The van der Waals surface area contributed by atoms with Gasteiger partial charge in [0.05, 0.1) is 6.54 Å². The van der Waals surface area contributed by atoms with E-state index in [0.717, 1.165) is 0 Å². The summed E-state index contributed by atoms with van der Waals surface area (Å²) in [5, 5.41) is 23.6. The van der Waals surface area contributed by atoms with Crippen molar-refractivity contribution >= 4 is 41.2 Å². The summed E-state index contributed by atoms with van der Waals surface area (Å²) in [6.45, 7) is 6.54. The molecule has 0 saturated carbocycles. The van der Waals surface area contributed by atoms with Crippen molar-refractivity contribution in [1.29, 1.82) is 0 Å². The van der Waals surface area contributed by atoms with E-state index in [2.05, 4.69) is 26.6 Å². The molecule has 0 fully saturated rings. The monoisotopic (exact) mass is 713 g/mol. The molecule has 13 nitrogen and oxygen atoms in total. The molecule has 0 radical (unpaired) electrons. The minimum absolute atomic E-state index is 0.0232. The molecule has 3 aromatic carbocycles. The highest BCUT2D eigenvalue weighted by Crippen LogP contribution is 2.23. The van der Waals surface area contributed by atoms with Crippen molar-refractivity contribution in [3.05, 3.63) is 95.1 Å². The smallest absolute Gasteiger partial charge is 0.326 e. The van der Waals surface area contributed by atoms with Crippen molar-refractivity contribution < 1.29 is 38.6 Å². The maximum atomic E-state index is 13.5. The molecule has 4 aliphatic rings. The first-order chi connectivity index (χ1) is 24.8. The van der Waals surface area contributed by atoms with Crippen molar-refractivity contribution in [1.82, 2.24) is 21.3 Å². The molecule has 276 valence electrons. The number of aliphatic carboxylic acids is 1. The molecule has 2 atom stereocenters. The van der Waals surface area contributed by atoms with Crippen LogP contribution < -0.4 is 31.3 Å². The van der Waals surface area contributed by atoms with Gasteiger partial charge in [-0.3, -0.25) is 24.0 Å². The maximum absolute atomic E-state index is 13.5. The Hall–Kier alpha value is -5.72. The number of amides is 5. The molecule has 7 rings (SSSR count). The largest absolute Gasteiger partial charge is 0.492 e. The molecule has 5 amide bonds. The summed E-state index contributed by atoms with van der Waals surface area (Å²) < 4.78 is 5.67. The quantitative estimate of drug-likeness (QED) is 0.230. The van der Waals surface area contributed by atoms with E-state index in [4.69, 9.17) is 4.74 Å². The number of nitrogens with one attached hydrogen (secondary N) is 5. The van der Waals surface area contributed by atoms with Crippen LogP contribution in [0.15, 0.2) is 72.8 Å². The van der Waals surface area contributed by atoms with Gasteiger partial charge >= 0.3 is 5.97 Å². The van der Waals surface area contributed by atoms with Crippen molar-refractivity contribution in [3.8, 4) is 5.75 Å². The first kappa shape index (κ1) is 39.1. The van der Waals surface area contributed by atoms with E-state index in [-0.39, 0.29) is 56.2 Å². The van der Waals surface area contributed by atoms with Gasteiger partial charge in [-0.25, -0.2) is 4.79 Å². The zero-order valence-corrected chi connectivity index (χ0v) is 29.8. The third kappa shape index (κ3) is 12.9. The number of carboxylic acids is 1. The average Bonchev–Trinajstić information content (AvgIpc) is 3.10. The number of carbonyl (C=O) groups excluding carboxylic acids is 5. The molecule has 13 heteroatoms. The van der Waals surface area contributed by atoms with E-state index in [1.165, 1.54) is 0 Å². The van der Waals surface area contributed by atoms with Gasteiger partial charge in [-0.05, 0) is 84.3 Å². The fourth-order valence-corrected chi connectivity index (χ4v) is 5.55. The number of rotatable bonds is 2. The standard InChI is InChI=1S/C39H47N5O8/c1-39(2,3)23-32-37(49)42-29-15-11-25(12-16-29)22-31(38(50)51)43-34(46)10-5-4-9-33(45)40-19-20-52-30-17-13-27(14-18-30)35(47)41-24-26-7-6-8-28(21-26)36(48)44-32/h6-8,11-18,21,31-32H,4-5,9-10,19-20,22-24H2,1-3H3,(H,40,45)(H,41,47)(H,42,49)(H,43,46)(H,44,48)(H,50,51)/t31-,32-/m0/s1. The second-order valence-corrected chi connectivity index (χ2v) is 14.0. The molecule has 3 aromatic rings. The van der Waals surface area contributed by atoms with Crippen molar-refractivity contribution in [3.63, 3.8) is 0 Å². The molecule has 0 aromatic heterocycles. The predicted octanol–water partition coefficient (Wildman–Crippen LogP) is 3.97. The molecule has 4 heterocycles. The van der Waals surface area contributed by atoms with Crippen LogP contribution in [0.1, 0.15) is 84.7 Å². The summed E-state index contributed by atoms with van der Waals surface area (Å²) in [5.74, 6) is -2.47. The first-order valence-corrected chi connectivity index (χ1v) is 17.4. The van der Waals surface area contributed by atoms with Crippen LogP contribution in [0.3, 0.4) is 0 Å². The fourth-order valence-electron chi connectivity index (χ4n) is 5.55. The van der Waals surface area contributed by atoms with Gasteiger partial charge in [-0.15, -0.1) is 0 Å². The van der Waals surface area contributed by atoms with E-state index >= 15 is 0 Å². The van der Waals surface area contributed by atoms with Crippen LogP contribution in [0, 0.1) is 5.41 Å². The Morgan fingerprint density at radius 3 is 2.15 bits per heavy atom. The Labute approximate surface area is 303 Å². The number of ether oxygens (including phenoxy) is 1. The van der Waals surface area contributed by atoms with Crippen LogP contribution in [-0.4, -0.2) is 65.8 Å². The molecular formula is C39H47N5O8. The average molecular weight is 714 g/mol. The van der Waals surface area contributed by atoms with Crippen LogP contribution in [0.5, 0.6) is 5.75 Å². The summed E-state index contributed by atoms with van der Waals surface area (Å²) in [6, 6.07) is 17.9. The lowest BCUT2D eigenvalue weighted by Crippen LogP contribution is -2.45. The molecule has 0 unspecified atom stereocenters. The van der Waals surface area contributed by atoms with Gasteiger partial charge in [-0.1, -0.05) is 45.0 Å². The zero-order valence-electron chi connectivity index (χ0n) is 29.8. The van der Waals surface area contributed by atoms with E-state index in [9.17, 15) is 33.9 Å². The summed E-state index contributed by atoms with van der Waals surface area (Å²) in [5.41, 5.74) is 2.20. The van der Waals surface area contributed by atoms with Crippen LogP contribution in [0.25, 0.3) is 0 Å². The molecule has 6 N–H and O–H groups in total. The molecule has 0 aliphatic carbocycles. The van der Waals surface area contributed by atoms with Gasteiger partial charge in [0.2, 0.25) is 17.7 Å². The predicted molar refractivity (Wildman–Crippen MR) is 195 cm³/mol. The van der Waals surface area contributed by atoms with Gasteiger partial charge in [0.25, 0.3) is 11.8 Å². The summed E-state index contributed by atoms with van der Waals surface area (Å²) in [7, 11) is 0. The molecule has 0 spiro atoms. The summed E-state index contributed by atoms with van der Waals surface area (Å²) in [6.07, 6.45) is 1.48. The summed E-state index contributed by atoms with van der Waals surface area (Å²) in [4.78, 5) is 76.4. The maximum Gasteiger partial charge on any atom is 0.326 e. The molecular weight excluding hydrogens is 666 g/mol. The number of hydrogen-bond donors (Lipinski definition) is 6. The van der Waals surface area contributed by atoms with Crippen LogP contribution in [-0.2, 0) is 32.1 Å². The highest BCUT2D eigenvalue weighted by Gasteiger charge is 2.27. The van der Waals surface area contributed by atoms with Gasteiger partial charge in [0.15, 0.2) is 0 Å². The van der Waals surface area contributed by atoms with E-state index in [1.807, 2.05) is 20.8 Å². The topological polar surface area (TPSA) is 192 Å². The highest BCUT2D eigenvalue weighted by molar-refractivity contribution is 6.01. The molecule has 6 bridgehead atoms. The van der Waals surface area contributed by atoms with E-state index in [1.54, 1.807) is 72.8 Å². The first-order valence-electron chi connectivity index (χ1n) is 17.4. The number of anilines is 1. The highest BCUT2D eigenvalue weighted by atomic mass is 16.5. The summed E-state index contributed by atoms with van der Waals surface area (Å²) >= 11 is 0. The number of carbonyl (C=O) groups is 6. The molecule has 52 heavy (non-hydrogen) atoms. The Balaban J connectivity index is 1.51. The minimum atomic E-state index is -1.18. The second kappa shape index (κ2) is 18.5. The Bertz CT molecular complexity index is 1730. The van der Waals surface area contributed by atoms with Gasteiger partial charge in [0, 0.05) is 42.6 Å². The van der Waals surface area contributed by atoms with Crippen molar-refractivity contribution in [2.75, 3.05) is 18.5 Å². The Morgan fingerprint density at radius 2 is 1.48 bits per heavy atom. The van der Waals surface area contributed by atoms with Crippen molar-refractivity contribution in [2.24, 2.45) is 5.41 Å². The third-order valence-electron chi connectivity index (χ3n) is 8.24. The lowest BCUT2D eigenvalue weighted by Gasteiger charge is -2.26. The number of benzene rings is 3. The molecule has 4 aliphatic heterocycles. The second-order valence-electron chi connectivity index (χ2n) is 14.0.